The van der Waals surface area contributed by atoms with Gasteiger partial charge in [0.2, 0.25) is 0 Å². The number of carbonyl (C=O) groups is 1. The SMILES string of the molecule is O=C(COc1ccc([N+](=O)[O-])cc1)NN=Cc1cccc(Cl)c1Cl. The highest BCUT2D eigenvalue weighted by Gasteiger charge is 2.06. The second kappa shape index (κ2) is 8.28. The number of nitro groups is 1. The summed E-state index contributed by atoms with van der Waals surface area (Å²) in [4.78, 5) is 21.6. The molecular weight excluding hydrogens is 357 g/mol. The second-order valence-corrected chi connectivity index (χ2v) is 5.26. The van der Waals surface area contributed by atoms with Crippen LogP contribution in [0.5, 0.6) is 5.75 Å². The van der Waals surface area contributed by atoms with Gasteiger partial charge < -0.3 is 4.74 Å². The zero-order valence-corrected chi connectivity index (χ0v) is 13.6. The number of carbonyl (C=O) groups excluding carboxylic acids is 1. The Kier molecular flexibility index (Phi) is 6.11. The number of nitrogens with one attached hydrogen (secondary N) is 1. The molecule has 2 aromatic carbocycles. The normalized spacial score (nSPS) is 10.6. The molecule has 0 saturated carbocycles. The predicted octanol–water partition coefficient (Wildman–Crippen LogP) is 3.43. The van der Waals surface area contributed by atoms with E-state index in [2.05, 4.69) is 10.5 Å². The molecule has 0 aliphatic rings. The van der Waals surface area contributed by atoms with Crippen LogP contribution in [0.25, 0.3) is 0 Å². The summed E-state index contributed by atoms with van der Waals surface area (Å²) < 4.78 is 5.19. The molecule has 0 unspecified atom stereocenters. The number of halogens is 2. The van der Waals surface area contributed by atoms with E-state index in [-0.39, 0.29) is 12.3 Å². The molecule has 0 saturated heterocycles. The van der Waals surface area contributed by atoms with Crippen molar-refractivity contribution in [2.24, 2.45) is 5.10 Å². The highest BCUT2D eigenvalue weighted by atomic mass is 35.5. The average Bonchev–Trinajstić information content (AvgIpc) is 2.57. The quantitative estimate of drug-likeness (QED) is 0.480. The number of hydrogen-bond acceptors (Lipinski definition) is 5. The first kappa shape index (κ1) is 17.7. The summed E-state index contributed by atoms with van der Waals surface area (Å²) >= 11 is 11.8. The van der Waals surface area contributed by atoms with E-state index < -0.39 is 10.8 Å². The number of hydrogen-bond donors (Lipinski definition) is 1. The number of hydrazone groups is 1. The Balaban J connectivity index is 1.84. The molecule has 24 heavy (non-hydrogen) atoms. The number of nitrogens with zero attached hydrogens (tertiary/aromatic N) is 2. The van der Waals surface area contributed by atoms with Gasteiger partial charge in [-0.15, -0.1) is 0 Å². The molecule has 0 bridgehead atoms. The van der Waals surface area contributed by atoms with Crippen LogP contribution in [-0.2, 0) is 4.79 Å². The van der Waals surface area contributed by atoms with Crippen LogP contribution in [0.3, 0.4) is 0 Å². The highest BCUT2D eigenvalue weighted by Crippen LogP contribution is 2.24. The molecule has 9 heteroatoms. The largest absolute Gasteiger partial charge is 0.484 e. The molecule has 1 N–H and O–H groups in total. The maximum atomic E-state index is 11.6. The van der Waals surface area contributed by atoms with Crippen molar-refractivity contribution < 1.29 is 14.5 Å². The first-order valence-electron chi connectivity index (χ1n) is 6.60. The standard InChI is InChI=1S/C15H11Cl2N3O4/c16-13-3-1-2-10(15(13)17)8-18-19-14(21)9-24-12-6-4-11(5-7-12)20(22)23/h1-8H,9H2,(H,19,21). The number of amides is 1. The van der Waals surface area contributed by atoms with Crippen molar-refractivity contribution in [2.45, 2.75) is 0 Å². The van der Waals surface area contributed by atoms with Gasteiger partial charge in [-0.3, -0.25) is 14.9 Å². The minimum atomic E-state index is -0.522. The lowest BCUT2D eigenvalue weighted by molar-refractivity contribution is -0.384. The summed E-state index contributed by atoms with van der Waals surface area (Å²) in [5.41, 5.74) is 2.77. The maximum Gasteiger partial charge on any atom is 0.277 e. The summed E-state index contributed by atoms with van der Waals surface area (Å²) in [6.45, 7) is -0.293. The third-order valence-electron chi connectivity index (χ3n) is 2.79. The molecule has 1 amide bonds. The fourth-order valence-electron chi connectivity index (χ4n) is 1.64. The van der Waals surface area contributed by atoms with Crippen LogP contribution in [0.1, 0.15) is 5.56 Å². The van der Waals surface area contributed by atoms with Crippen LogP contribution in [-0.4, -0.2) is 23.7 Å². The third-order valence-corrected chi connectivity index (χ3v) is 3.63. The second-order valence-electron chi connectivity index (χ2n) is 4.48. The lowest BCUT2D eigenvalue weighted by atomic mass is 10.2. The van der Waals surface area contributed by atoms with Gasteiger partial charge in [-0.1, -0.05) is 35.3 Å². The molecule has 0 aliphatic heterocycles. The fourth-order valence-corrected chi connectivity index (χ4v) is 2.00. The van der Waals surface area contributed by atoms with Gasteiger partial charge in [0.1, 0.15) is 5.75 Å². The van der Waals surface area contributed by atoms with Gasteiger partial charge in [-0.05, 0) is 18.2 Å². The molecule has 0 atom stereocenters. The van der Waals surface area contributed by atoms with Crippen molar-refractivity contribution >= 4 is 41.0 Å². The molecule has 124 valence electrons. The molecule has 7 nitrogen and oxygen atoms in total. The molecule has 2 aromatic rings. The van der Waals surface area contributed by atoms with E-state index in [0.717, 1.165) is 0 Å². The van der Waals surface area contributed by atoms with Gasteiger partial charge in [0, 0.05) is 17.7 Å². The summed E-state index contributed by atoms with van der Waals surface area (Å²) in [5, 5.41) is 15.0. The zero-order valence-electron chi connectivity index (χ0n) is 12.1. The number of nitro benzene ring substituents is 1. The Morgan fingerprint density at radius 3 is 2.62 bits per heavy atom. The van der Waals surface area contributed by atoms with Gasteiger partial charge in [0.25, 0.3) is 11.6 Å². The summed E-state index contributed by atoms with van der Waals surface area (Å²) in [6, 6.07) is 10.4. The number of non-ortho nitro benzene ring substituents is 1. The molecule has 0 aromatic heterocycles. The summed E-state index contributed by atoms with van der Waals surface area (Å²) in [6.07, 6.45) is 1.36. The van der Waals surface area contributed by atoms with Crippen LogP contribution in [0.15, 0.2) is 47.6 Å². The smallest absolute Gasteiger partial charge is 0.277 e. The van der Waals surface area contributed by atoms with Gasteiger partial charge in [0.05, 0.1) is 21.2 Å². The predicted molar refractivity (Wildman–Crippen MR) is 90.8 cm³/mol. The van der Waals surface area contributed by atoms with E-state index in [0.29, 0.717) is 21.4 Å². The summed E-state index contributed by atoms with van der Waals surface area (Å²) in [7, 11) is 0. The van der Waals surface area contributed by atoms with Crippen molar-refractivity contribution in [3.8, 4) is 5.75 Å². The fraction of sp³-hybridized carbons (Fsp3) is 0.0667. The topological polar surface area (TPSA) is 93.8 Å². The number of ether oxygens (including phenoxy) is 1. The lowest BCUT2D eigenvalue weighted by Crippen LogP contribution is -2.24. The van der Waals surface area contributed by atoms with E-state index in [1.54, 1.807) is 18.2 Å². The van der Waals surface area contributed by atoms with Crippen LogP contribution in [0.2, 0.25) is 10.0 Å². The Labute approximate surface area is 147 Å². The Bertz CT molecular complexity index is 779. The Morgan fingerprint density at radius 1 is 1.25 bits per heavy atom. The van der Waals surface area contributed by atoms with Gasteiger partial charge in [-0.2, -0.15) is 5.10 Å². The molecule has 0 heterocycles. The Hall–Kier alpha value is -2.64. The van der Waals surface area contributed by atoms with Gasteiger partial charge >= 0.3 is 0 Å². The first-order chi connectivity index (χ1) is 11.5. The van der Waals surface area contributed by atoms with Crippen LogP contribution < -0.4 is 10.2 Å². The molecule has 0 fully saturated rings. The maximum absolute atomic E-state index is 11.6. The summed E-state index contributed by atoms with van der Waals surface area (Å²) in [5.74, 6) is -0.166. The van der Waals surface area contributed by atoms with Crippen molar-refractivity contribution in [1.82, 2.24) is 5.43 Å². The van der Waals surface area contributed by atoms with E-state index in [1.807, 2.05) is 0 Å². The highest BCUT2D eigenvalue weighted by molar-refractivity contribution is 6.43. The Morgan fingerprint density at radius 2 is 1.96 bits per heavy atom. The van der Waals surface area contributed by atoms with Crippen molar-refractivity contribution in [1.29, 1.82) is 0 Å². The van der Waals surface area contributed by atoms with Crippen LogP contribution in [0.4, 0.5) is 5.69 Å². The third kappa shape index (κ3) is 4.94. The van der Waals surface area contributed by atoms with Crippen LogP contribution >= 0.6 is 23.2 Å². The molecule has 0 aliphatic carbocycles. The van der Waals surface area contributed by atoms with E-state index in [1.165, 1.54) is 30.5 Å². The number of benzene rings is 2. The minimum Gasteiger partial charge on any atom is -0.484 e. The number of rotatable bonds is 6. The van der Waals surface area contributed by atoms with Crippen molar-refractivity contribution in [3.05, 3.63) is 68.2 Å². The molecule has 2 rings (SSSR count). The molecule has 0 spiro atoms. The van der Waals surface area contributed by atoms with Gasteiger partial charge in [-0.25, -0.2) is 5.43 Å². The van der Waals surface area contributed by atoms with E-state index in [4.69, 9.17) is 27.9 Å². The monoisotopic (exact) mass is 367 g/mol. The van der Waals surface area contributed by atoms with Crippen molar-refractivity contribution in [3.63, 3.8) is 0 Å². The molecule has 0 radical (unpaired) electrons. The zero-order chi connectivity index (χ0) is 17.5. The van der Waals surface area contributed by atoms with E-state index >= 15 is 0 Å². The van der Waals surface area contributed by atoms with Gasteiger partial charge in [0.15, 0.2) is 6.61 Å². The van der Waals surface area contributed by atoms with E-state index in [9.17, 15) is 14.9 Å². The minimum absolute atomic E-state index is 0.0604. The van der Waals surface area contributed by atoms with Crippen molar-refractivity contribution in [2.75, 3.05) is 6.61 Å². The first-order valence-corrected chi connectivity index (χ1v) is 7.36. The lowest BCUT2D eigenvalue weighted by Gasteiger charge is -2.04. The average molecular weight is 368 g/mol. The van der Waals surface area contributed by atoms with Crippen LogP contribution in [0, 0.1) is 10.1 Å². The molecular formula is C15H11Cl2N3O4.